The summed E-state index contributed by atoms with van der Waals surface area (Å²) in [4.78, 5) is 36.6. The van der Waals surface area contributed by atoms with E-state index in [4.69, 9.17) is 5.73 Å². The molecule has 27 nitrogen and oxygen atoms in total. The molecule has 1 aliphatic heterocycles. The first-order valence-corrected chi connectivity index (χ1v) is 27.2. The molecular formula is C53H59ClF15N23O4. The molecular weight excluding hydrogens is 1340 g/mol. The van der Waals surface area contributed by atoms with Gasteiger partial charge in [0, 0.05) is 75.9 Å². The van der Waals surface area contributed by atoms with Crippen molar-refractivity contribution in [3.8, 4) is 0 Å². The van der Waals surface area contributed by atoms with Crippen LogP contribution in [0.15, 0.2) is 67.5 Å². The largest absolute Gasteiger partial charge is 0.469 e. The van der Waals surface area contributed by atoms with Gasteiger partial charge in [0.25, 0.3) is 29.1 Å². The maximum atomic E-state index is 12.9. The van der Waals surface area contributed by atoms with Gasteiger partial charge in [0.05, 0.1) is 18.9 Å². The van der Waals surface area contributed by atoms with Gasteiger partial charge in [0.15, 0.2) is 34.5 Å². The number of alkyl halides is 15. The number of rotatable bonds is 11. The number of amides is 1. The van der Waals surface area contributed by atoms with Gasteiger partial charge >= 0.3 is 36.9 Å². The van der Waals surface area contributed by atoms with Crippen LogP contribution in [-0.2, 0) is 51.8 Å². The molecule has 0 bridgehead atoms. The fourth-order valence-electron chi connectivity index (χ4n) is 8.29. The highest BCUT2D eigenvalue weighted by molar-refractivity contribution is 5.85. The number of esters is 1. The molecule has 96 heavy (non-hydrogen) atoms. The lowest BCUT2D eigenvalue weighted by atomic mass is 10.0. The molecule has 2 atom stereocenters. The van der Waals surface area contributed by atoms with Gasteiger partial charge in [-0.15, -0.1) is 63.4 Å². The number of nitrogens with zero attached hydrogens (tertiary/aromatic N) is 22. The van der Waals surface area contributed by atoms with Crippen molar-refractivity contribution in [2.75, 3.05) is 34.3 Å². The minimum absolute atomic E-state index is 0. The van der Waals surface area contributed by atoms with Crippen molar-refractivity contribution in [1.82, 2.24) is 109 Å². The Balaban J connectivity index is 0.000000248. The SMILES string of the molecule is C.CCC(CN)CC(=O)OC.CCCC1CC(=O)N(Cc2ccnn3c(C(F)(F)F)nnc23)C1.CN(C)/C=C/c1ccnn2c(C(F)(F)F)nnc12.Cc1ccnn2c(C(F)(F)F)nnc12.Cc1cnn2c(C(F)(F)F)nnc2c1.Cl.O=Cc1ccnn2c(C(F)(F)F)nnc12. The number of carbonyl (C=O) groups is 3. The summed E-state index contributed by atoms with van der Waals surface area (Å²) in [5.74, 6) is -5.29. The van der Waals surface area contributed by atoms with Crippen LogP contribution in [-0.4, -0.2) is 161 Å². The fraction of sp³-hybridized carbons (Fsp3) is 0.434. The lowest BCUT2D eigenvalue weighted by Gasteiger charge is -2.16. The molecule has 0 spiro atoms. The number of nitrogens with two attached hydrogens (primary N) is 1. The number of fused-ring (bicyclic) bond motifs is 5. The first kappa shape index (κ1) is 78.5. The Morgan fingerprint density at radius 2 is 1.07 bits per heavy atom. The van der Waals surface area contributed by atoms with Crippen LogP contribution in [0.5, 0.6) is 0 Å². The Morgan fingerprint density at radius 1 is 0.635 bits per heavy atom. The van der Waals surface area contributed by atoms with Crippen molar-refractivity contribution in [3.05, 3.63) is 124 Å². The predicted octanol–water partition coefficient (Wildman–Crippen LogP) is 9.42. The lowest BCUT2D eigenvalue weighted by molar-refractivity contribution is -0.147. The van der Waals surface area contributed by atoms with Crippen molar-refractivity contribution in [1.29, 1.82) is 0 Å². The minimum atomic E-state index is -4.64. The van der Waals surface area contributed by atoms with E-state index < -0.39 is 60.0 Å². The number of aromatic nitrogens is 20. The number of hydrogen-bond donors (Lipinski definition) is 1. The highest BCUT2D eigenvalue weighted by Gasteiger charge is 2.42. The van der Waals surface area contributed by atoms with E-state index in [1.54, 1.807) is 68.2 Å². The van der Waals surface area contributed by atoms with Gasteiger partial charge in [-0.2, -0.15) is 114 Å². The van der Waals surface area contributed by atoms with Crippen LogP contribution in [0, 0.1) is 25.7 Å². The molecule has 1 aliphatic rings. The maximum Gasteiger partial charge on any atom is 0.453 e. The van der Waals surface area contributed by atoms with Gasteiger partial charge in [-0.1, -0.05) is 34.1 Å². The Morgan fingerprint density at radius 3 is 1.54 bits per heavy atom. The molecule has 10 aromatic heterocycles. The lowest BCUT2D eigenvalue weighted by Crippen LogP contribution is -2.25. The smallest absolute Gasteiger partial charge is 0.453 e. The van der Waals surface area contributed by atoms with E-state index in [1.165, 1.54) is 44.0 Å². The summed E-state index contributed by atoms with van der Waals surface area (Å²) in [6.45, 7) is 8.85. The third kappa shape index (κ3) is 20.1. The van der Waals surface area contributed by atoms with Gasteiger partial charge in [-0.3, -0.25) is 14.4 Å². The summed E-state index contributed by atoms with van der Waals surface area (Å²) in [6.07, 6.45) is -9.07. The molecule has 0 saturated carbocycles. The zero-order valence-electron chi connectivity index (χ0n) is 50.4. The number of aryl methyl sites for hydroxylation is 2. The van der Waals surface area contributed by atoms with Crippen molar-refractivity contribution in [2.24, 2.45) is 17.6 Å². The topological polar surface area (TPSA) is 308 Å². The van der Waals surface area contributed by atoms with Crippen molar-refractivity contribution in [2.45, 2.75) is 105 Å². The van der Waals surface area contributed by atoms with Gasteiger partial charge < -0.3 is 20.3 Å². The molecule has 522 valence electrons. The average Bonchev–Trinajstić information content (AvgIpc) is 1.66. The van der Waals surface area contributed by atoms with Crippen LogP contribution in [0.3, 0.4) is 0 Å². The van der Waals surface area contributed by atoms with E-state index in [1.807, 2.05) is 6.92 Å². The van der Waals surface area contributed by atoms with E-state index in [0.29, 0.717) is 77.4 Å². The van der Waals surface area contributed by atoms with Gasteiger partial charge in [0.1, 0.15) is 0 Å². The van der Waals surface area contributed by atoms with Crippen molar-refractivity contribution >= 4 is 64.9 Å². The molecule has 1 amide bonds. The molecule has 2 N–H and O–H groups in total. The van der Waals surface area contributed by atoms with Crippen LogP contribution in [0.4, 0.5) is 65.9 Å². The molecule has 0 radical (unpaired) electrons. The fourth-order valence-corrected chi connectivity index (χ4v) is 8.29. The van der Waals surface area contributed by atoms with E-state index in [2.05, 4.69) is 88.1 Å². The monoisotopic (exact) mass is 1400 g/mol. The molecule has 0 aliphatic carbocycles. The first-order chi connectivity index (χ1) is 44.0. The number of halogens is 16. The predicted molar refractivity (Wildman–Crippen MR) is 308 cm³/mol. The second-order valence-corrected chi connectivity index (χ2v) is 20.1. The van der Waals surface area contributed by atoms with Gasteiger partial charge in [0.2, 0.25) is 5.91 Å². The molecule has 2 unspecified atom stereocenters. The molecule has 1 saturated heterocycles. The zero-order valence-corrected chi connectivity index (χ0v) is 51.3. The van der Waals surface area contributed by atoms with E-state index in [0.717, 1.165) is 31.0 Å². The summed E-state index contributed by atoms with van der Waals surface area (Å²) in [7, 11) is 5.01. The van der Waals surface area contributed by atoms with E-state index in [-0.39, 0.29) is 78.0 Å². The first-order valence-electron chi connectivity index (χ1n) is 27.2. The third-order valence-electron chi connectivity index (χ3n) is 12.8. The summed E-state index contributed by atoms with van der Waals surface area (Å²) >= 11 is 0. The molecule has 11 rings (SSSR count). The summed E-state index contributed by atoms with van der Waals surface area (Å²) in [5, 5.41) is 50.4. The third-order valence-corrected chi connectivity index (χ3v) is 12.8. The molecule has 11 heterocycles. The maximum absolute atomic E-state index is 12.9. The van der Waals surface area contributed by atoms with Gasteiger partial charge in [-0.25, -0.2) is 0 Å². The normalized spacial score (nSPS) is 13.7. The van der Waals surface area contributed by atoms with Crippen LogP contribution >= 0.6 is 12.4 Å². The quantitative estimate of drug-likeness (QED) is 0.0715. The van der Waals surface area contributed by atoms with Gasteiger partial charge in [-0.05, 0) is 92.4 Å². The van der Waals surface area contributed by atoms with E-state index >= 15 is 0 Å². The Labute approximate surface area is 538 Å². The Kier molecular flexibility index (Phi) is 27.0. The number of aldehydes is 1. The molecule has 10 aromatic rings. The number of carbonyl (C=O) groups excluding carboxylic acids is 3. The Hall–Kier alpha value is -9.90. The number of hydrogen-bond acceptors (Lipinski definition) is 21. The zero-order chi connectivity index (χ0) is 69.7. The Bertz CT molecular complexity index is 4210. The van der Waals surface area contributed by atoms with Crippen LogP contribution in [0.2, 0.25) is 0 Å². The summed E-state index contributed by atoms with van der Waals surface area (Å²) < 4.78 is 195. The van der Waals surface area contributed by atoms with Crippen LogP contribution < -0.4 is 5.73 Å². The number of ether oxygens (including phenoxy) is 1. The molecule has 0 aromatic carbocycles. The van der Waals surface area contributed by atoms with E-state index in [9.17, 15) is 80.2 Å². The minimum Gasteiger partial charge on any atom is -0.469 e. The summed E-state index contributed by atoms with van der Waals surface area (Å²) in [5.41, 5.74) is 7.86. The highest BCUT2D eigenvalue weighted by Crippen LogP contribution is 2.32. The van der Waals surface area contributed by atoms with Crippen molar-refractivity contribution < 1.29 is 85.0 Å². The average molecular weight is 1400 g/mol. The second-order valence-electron chi connectivity index (χ2n) is 20.1. The summed E-state index contributed by atoms with van der Waals surface area (Å²) in [6, 6.07) is 7.46. The molecule has 43 heteroatoms. The number of methoxy groups -OCH3 is 1. The standard InChI is InChI=1S/C14H16F3N5O.C10H10F3N5.C7H3F3N4O.2C7H5F3N4.C7H15NO2.CH4.ClH/c1-2-3-9-6-11(23)21(7-9)8-10-4-5-18-22-12(10)19-20-13(22)14(15,16)17;1-17(2)6-4-7-3-5-14-18-8(7)15-16-9(18)10(11,12)13;8-7(9,10)6-13-12-5-4(3-15)1-2-11-14(5)6;1-4-2-5-12-13-6(7(8,9)10)14(5)11-3-4;1-4-2-3-11-14-5(4)12-13-6(14)7(8,9)10;1-3-6(5-8)4-7(9)10-2;;/h4-5,9H,2-3,6-8H2,1H3;3-6H,1-2H3;1-3H;2*2-3H,1H3;6H,3-5,8H2,1-2H3;1H4;1H/b;6-4+;;;;;;. The molecule has 1 fully saturated rings. The number of likely N-dealkylation sites (tertiary alicyclic amines) is 1. The van der Waals surface area contributed by atoms with Crippen LogP contribution in [0.1, 0.15) is 115 Å². The van der Waals surface area contributed by atoms with Crippen molar-refractivity contribution in [3.63, 3.8) is 0 Å². The highest BCUT2D eigenvalue weighted by atomic mass is 35.5. The van der Waals surface area contributed by atoms with Crippen LogP contribution in [0.25, 0.3) is 34.3 Å². The second kappa shape index (κ2) is 33.0.